The molecular formula is C6H6N4O. The molecule has 2 heterocycles. The number of hydrogen-bond donors (Lipinski definition) is 0. The molecular weight excluding hydrogens is 144 g/mol. The number of amides is 2. The van der Waals surface area contributed by atoms with Crippen molar-refractivity contribution in [1.29, 1.82) is 0 Å². The number of hydrazone groups is 1. The van der Waals surface area contributed by atoms with Gasteiger partial charge in [-0.1, -0.05) is 0 Å². The summed E-state index contributed by atoms with van der Waals surface area (Å²) in [5, 5.41) is 5.53. The lowest BCUT2D eigenvalue weighted by Gasteiger charge is -2.11. The van der Waals surface area contributed by atoms with E-state index in [0.717, 1.165) is 0 Å². The Morgan fingerprint density at radius 1 is 1.55 bits per heavy atom. The number of carbonyl (C=O) groups excluding carboxylic acids is 1. The highest BCUT2D eigenvalue weighted by Gasteiger charge is 2.25. The fourth-order valence-corrected chi connectivity index (χ4v) is 1.04. The molecule has 1 atom stereocenters. The maximum atomic E-state index is 10.7. The van der Waals surface area contributed by atoms with Crippen LogP contribution in [-0.4, -0.2) is 36.4 Å². The fraction of sp³-hybridized carbons (Fsp3) is 0.333. The smallest absolute Gasteiger partial charge is 0.254 e. The molecule has 5 heteroatoms. The van der Waals surface area contributed by atoms with Gasteiger partial charge in [-0.05, 0) is 0 Å². The van der Waals surface area contributed by atoms with Gasteiger partial charge in [0, 0.05) is 19.5 Å². The first-order chi connectivity index (χ1) is 5.27. The molecule has 0 radical (unpaired) electrons. The molecule has 0 bridgehead atoms. The highest BCUT2D eigenvalue weighted by atomic mass is 16.2. The second kappa shape index (κ2) is 1.98. The quantitative estimate of drug-likeness (QED) is 0.493. The summed E-state index contributed by atoms with van der Waals surface area (Å²) in [6.45, 7) is 0. The van der Waals surface area contributed by atoms with Crippen LogP contribution in [0.15, 0.2) is 15.1 Å². The maximum Gasteiger partial charge on any atom is 0.368 e. The molecule has 2 rings (SSSR count). The molecule has 0 aliphatic carbocycles. The van der Waals surface area contributed by atoms with Crippen molar-refractivity contribution in [2.45, 2.75) is 0 Å². The molecule has 0 N–H and O–H groups in total. The van der Waals surface area contributed by atoms with Crippen LogP contribution in [0.5, 0.6) is 0 Å². The van der Waals surface area contributed by atoms with Crippen LogP contribution in [0.2, 0.25) is 0 Å². The Morgan fingerprint density at radius 3 is 3.18 bits per heavy atom. The molecule has 2 amide bonds. The summed E-state index contributed by atoms with van der Waals surface area (Å²) < 4.78 is 0. The molecule has 2 aliphatic rings. The standard InChI is InChI=1S/C6H6N4O/c1-10-5-4(3-8-10)2-7-6(11)9-5/h2-4H,1H3. The first-order valence-corrected chi connectivity index (χ1v) is 3.22. The van der Waals surface area contributed by atoms with Gasteiger partial charge in [0.1, 0.15) is 5.84 Å². The second-order valence-electron chi connectivity index (χ2n) is 2.34. The summed E-state index contributed by atoms with van der Waals surface area (Å²) >= 11 is 0. The van der Waals surface area contributed by atoms with Crippen molar-refractivity contribution in [3.8, 4) is 0 Å². The molecule has 1 unspecified atom stereocenters. The van der Waals surface area contributed by atoms with Crippen LogP contribution in [0, 0.1) is 5.92 Å². The van der Waals surface area contributed by atoms with E-state index in [4.69, 9.17) is 0 Å². The number of hydrogen-bond acceptors (Lipinski definition) is 3. The van der Waals surface area contributed by atoms with Crippen molar-refractivity contribution in [3.05, 3.63) is 0 Å². The van der Waals surface area contributed by atoms with Crippen molar-refractivity contribution < 1.29 is 4.79 Å². The van der Waals surface area contributed by atoms with Crippen LogP contribution in [-0.2, 0) is 0 Å². The summed E-state index contributed by atoms with van der Waals surface area (Å²) in [5.74, 6) is 0.655. The topological polar surface area (TPSA) is 57.4 Å². The second-order valence-corrected chi connectivity index (χ2v) is 2.34. The van der Waals surface area contributed by atoms with Gasteiger partial charge >= 0.3 is 6.03 Å². The average Bonchev–Trinajstić information content (AvgIpc) is 2.33. The van der Waals surface area contributed by atoms with E-state index in [1.54, 1.807) is 24.5 Å². The Morgan fingerprint density at radius 2 is 2.36 bits per heavy atom. The van der Waals surface area contributed by atoms with Gasteiger partial charge in [-0.3, -0.25) is 5.01 Å². The molecule has 5 nitrogen and oxygen atoms in total. The van der Waals surface area contributed by atoms with E-state index < -0.39 is 6.03 Å². The molecule has 2 aliphatic heterocycles. The van der Waals surface area contributed by atoms with E-state index in [-0.39, 0.29) is 5.92 Å². The van der Waals surface area contributed by atoms with Gasteiger partial charge < -0.3 is 0 Å². The van der Waals surface area contributed by atoms with Crippen molar-refractivity contribution >= 4 is 24.3 Å². The number of amidine groups is 1. The van der Waals surface area contributed by atoms with Crippen LogP contribution in [0.4, 0.5) is 4.79 Å². The summed E-state index contributed by atoms with van der Waals surface area (Å²) in [4.78, 5) is 17.9. The van der Waals surface area contributed by atoms with E-state index in [9.17, 15) is 4.79 Å². The Kier molecular flexibility index (Phi) is 1.12. The van der Waals surface area contributed by atoms with Crippen LogP contribution < -0.4 is 0 Å². The Hall–Kier alpha value is -1.52. The Labute approximate surface area is 63.1 Å². The normalized spacial score (nSPS) is 27.4. The lowest BCUT2D eigenvalue weighted by atomic mass is 10.1. The van der Waals surface area contributed by atoms with Crippen LogP contribution in [0.1, 0.15) is 0 Å². The predicted molar refractivity (Wildman–Crippen MR) is 41.1 cm³/mol. The number of nitrogens with zero attached hydrogens (tertiary/aromatic N) is 4. The minimum Gasteiger partial charge on any atom is -0.254 e. The molecule has 0 aromatic carbocycles. The third-order valence-electron chi connectivity index (χ3n) is 1.59. The van der Waals surface area contributed by atoms with E-state index in [2.05, 4.69) is 15.1 Å². The van der Waals surface area contributed by atoms with Gasteiger partial charge in [0.05, 0.1) is 5.92 Å². The van der Waals surface area contributed by atoms with Crippen LogP contribution >= 0.6 is 0 Å². The highest BCUT2D eigenvalue weighted by Crippen LogP contribution is 2.11. The van der Waals surface area contributed by atoms with Gasteiger partial charge in [0.25, 0.3) is 0 Å². The zero-order valence-electron chi connectivity index (χ0n) is 5.93. The van der Waals surface area contributed by atoms with E-state index >= 15 is 0 Å². The monoisotopic (exact) mass is 150 g/mol. The molecule has 0 saturated carbocycles. The van der Waals surface area contributed by atoms with E-state index in [1.807, 2.05) is 0 Å². The third-order valence-corrected chi connectivity index (χ3v) is 1.59. The molecule has 0 spiro atoms. The third kappa shape index (κ3) is 0.849. The first kappa shape index (κ1) is 6.21. The first-order valence-electron chi connectivity index (χ1n) is 3.22. The number of fused-ring (bicyclic) bond motifs is 1. The van der Waals surface area contributed by atoms with Crippen molar-refractivity contribution in [1.82, 2.24) is 5.01 Å². The fourth-order valence-electron chi connectivity index (χ4n) is 1.04. The summed E-state index contributed by atoms with van der Waals surface area (Å²) in [7, 11) is 1.75. The number of rotatable bonds is 0. The van der Waals surface area contributed by atoms with Crippen LogP contribution in [0.3, 0.4) is 0 Å². The lowest BCUT2D eigenvalue weighted by Crippen LogP contribution is -2.27. The minimum absolute atomic E-state index is 0.00213. The average molecular weight is 150 g/mol. The van der Waals surface area contributed by atoms with E-state index in [0.29, 0.717) is 5.84 Å². The number of urea groups is 1. The minimum atomic E-state index is -0.450. The summed E-state index contributed by atoms with van der Waals surface area (Å²) in [6.07, 6.45) is 3.26. The summed E-state index contributed by atoms with van der Waals surface area (Å²) in [6, 6.07) is -0.450. The van der Waals surface area contributed by atoms with Crippen molar-refractivity contribution in [2.75, 3.05) is 7.05 Å². The molecule has 56 valence electrons. The van der Waals surface area contributed by atoms with Gasteiger partial charge in [-0.15, -0.1) is 0 Å². The SMILES string of the molecule is CN1N=CC2C=NC(=O)N=C21. The van der Waals surface area contributed by atoms with Gasteiger partial charge in [-0.2, -0.15) is 10.1 Å². The highest BCUT2D eigenvalue weighted by molar-refractivity contribution is 6.19. The van der Waals surface area contributed by atoms with Gasteiger partial charge in [0.2, 0.25) is 0 Å². The number of aliphatic imine (C=N–C) groups is 2. The van der Waals surface area contributed by atoms with Crippen molar-refractivity contribution in [3.63, 3.8) is 0 Å². The lowest BCUT2D eigenvalue weighted by molar-refractivity contribution is 0.256. The zero-order valence-corrected chi connectivity index (χ0v) is 5.93. The predicted octanol–water partition coefficient (Wildman–Crippen LogP) is 0.137. The Balaban J connectivity index is 2.37. The number of carbonyl (C=O) groups is 1. The molecule has 11 heavy (non-hydrogen) atoms. The molecule has 0 fully saturated rings. The summed E-state index contributed by atoms with van der Waals surface area (Å²) in [5.41, 5.74) is 0. The maximum absolute atomic E-state index is 10.7. The van der Waals surface area contributed by atoms with Gasteiger partial charge in [0.15, 0.2) is 0 Å². The molecule has 0 saturated heterocycles. The van der Waals surface area contributed by atoms with Gasteiger partial charge in [-0.25, -0.2) is 9.79 Å². The molecule has 0 aromatic heterocycles. The van der Waals surface area contributed by atoms with Crippen LogP contribution in [0.25, 0.3) is 0 Å². The Bertz CT molecular complexity index is 291. The molecule has 0 aromatic rings. The van der Waals surface area contributed by atoms with E-state index in [1.165, 1.54) is 0 Å². The largest absolute Gasteiger partial charge is 0.368 e. The van der Waals surface area contributed by atoms with Crippen molar-refractivity contribution in [2.24, 2.45) is 21.0 Å². The zero-order chi connectivity index (χ0) is 7.84.